The third kappa shape index (κ3) is 4.98. The highest BCUT2D eigenvalue weighted by Crippen LogP contribution is 2.34. The van der Waals surface area contributed by atoms with Crippen molar-refractivity contribution in [3.63, 3.8) is 0 Å². The summed E-state index contributed by atoms with van der Waals surface area (Å²) in [7, 11) is 0. The molecule has 0 bridgehead atoms. The normalized spacial score (nSPS) is 14.7. The molecule has 0 unspecified atom stereocenters. The number of aryl methyl sites for hydroxylation is 2. The number of aromatic nitrogens is 3. The van der Waals surface area contributed by atoms with Crippen LogP contribution in [0.1, 0.15) is 51.0 Å². The van der Waals surface area contributed by atoms with E-state index in [9.17, 15) is 4.79 Å². The lowest BCUT2D eigenvalue weighted by atomic mass is 9.88. The second-order valence-electron chi connectivity index (χ2n) is 7.59. The molecule has 2 aromatic heterocycles. The van der Waals surface area contributed by atoms with E-state index in [1.165, 1.54) is 29.5 Å². The second-order valence-corrected chi connectivity index (χ2v) is 8.60. The lowest BCUT2D eigenvalue weighted by Crippen LogP contribution is -2.38. The molecule has 29 heavy (non-hydrogen) atoms. The average Bonchev–Trinajstić information content (AvgIpc) is 3.40. The molecule has 1 aliphatic rings. The van der Waals surface area contributed by atoms with Crippen LogP contribution in [0.3, 0.4) is 0 Å². The van der Waals surface area contributed by atoms with Crippen molar-refractivity contribution in [3.05, 3.63) is 42.5 Å². The zero-order valence-electron chi connectivity index (χ0n) is 16.9. The van der Waals surface area contributed by atoms with Gasteiger partial charge in [0.15, 0.2) is 5.13 Å². The summed E-state index contributed by atoms with van der Waals surface area (Å²) in [5.41, 5.74) is 2.31. The van der Waals surface area contributed by atoms with Gasteiger partial charge in [0.05, 0.1) is 16.5 Å². The zero-order chi connectivity index (χ0) is 19.3. The molecule has 0 atom stereocenters. The minimum absolute atomic E-state index is 0. The Morgan fingerprint density at radius 2 is 2.10 bits per heavy atom. The molecule has 156 valence electrons. The van der Waals surface area contributed by atoms with E-state index in [2.05, 4.69) is 34.7 Å². The predicted octanol–water partition coefficient (Wildman–Crippen LogP) is 5.48. The Labute approximate surface area is 182 Å². The minimum Gasteiger partial charge on any atom is -0.337 e. The highest BCUT2D eigenvalue weighted by Gasteiger charge is 2.28. The smallest absolute Gasteiger partial charge is 0.231 e. The Balaban J connectivity index is 0.00000240. The standard InChI is InChI=1S/C22H28N4OS.ClH/c1-2-17-10-6-11-19-20(17)24-22(28-19)26(14-7-13-25-15-12-23-16-25)21(27)18-8-4-3-5-9-18;/h6,10-12,15-16,18H,2-5,7-9,13-14H2,1H3;1H. The maximum atomic E-state index is 13.4. The molecule has 4 rings (SSSR count). The number of fused-ring (bicyclic) bond motifs is 1. The molecule has 5 nitrogen and oxygen atoms in total. The number of imidazole rings is 1. The summed E-state index contributed by atoms with van der Waals surface area (Å²) < 4.78 is 3.24. The van der Waals surface area contributed by atoms with Gasteiger partial charge in [-0.1, -0.05) is 49.7 Å². The molecular weight excluding hydrogens is 404 g/mol. The Hall–Kier alpha value is -1.92. The molecule has 1 fully saturated rings. The summed E-state index contributed by atoms with van der Waals surface area (Å²) in [6, 6.07) is 6.35. The van der Waals surface area contributed by atoms with E-state index >= 15 is 0 Å². The van der Waals surface area contributed by atoms with Crippen molar-refractivity contribution in [2.75, 3.05) is 11.4 Å². The summed E-state index contributed by atoms with van der Waals surface area (Å²) in [6.45, 7) is 3.72. The van der Waals surface area contributed by atoms with Gasteiger partial charge in [-0.3, -0.25) is 9.69 Å². The van der Waals surface area contributed by atoms with Crippen LogP contribution in [0, 0.1) is 5.92 Å². The van der Waals surface area contributed by atoms with Gasteiger partial charge in [0.1, 0.15) is 0 Å². The van der Waals surface area contributed by atoms with Crippen LogP contribution in [-0.4, -0.2) is 27.0 Å². The van der Waals surface area contributed by atoms with Crippen molar-refractivity contribution < 1.29 is 4.79 Å². The first-order valence-electron chi connectivity index (χ1n) is 10.4. The van der Waals surface area contributed by atoms with Crippen molar-refractivity contribution >= 4 is 45.0 Å². The number of carbonyl (C=O) groups excluding carboxylic acids is 1. The van der Waals surface area contributed by atoms with Crippen molar-refractivity contribution in [1.29, 1.82) is 0 Å². The second kappa shape index (κ2) is 10.2. The van der Waals surface area contributed by atoms with E-state index in [1.807, 2.05) is 17.4 Å². The van der Waals surface area contributed by atoms with Gasteiger partial charge in [0.2, 0.25) is 5.91 Å². The molecule has 7 heteroatoms. The number of anilines is 1. The lowest BCUT2D eigenvalue weighted by molar-refractivity contribution is -0.123. The summed E-state index contributed by atoms with van der Waals surface area (Å²) in [6.07, 6.45) is 13.1. The van der Waals surface area contributed by atoms with Gasteiger partial charge in [-0.25, -0.2) is 9.97 Å². The van der Waals surface area contributed by atoms with Crippen LogP contribution < -0.4 is 4.90 Å². The van der Waals surface area contributed by atoms with Crippen LogP contribution in [0.4, 0.5) is 5.13 Å². The fourth-order valence-electron chi connectivity index (χ4n) is 4.10. The number of nitrogens with zero attached hydrogens (tertiary/aromatic N) is 4. The fraction of sp³-hybridized carbons (Fsp3) is 0.500. The summed E-state index contributed by atoms with van der Waals surface area (Å²) in [5.74, 6) is 0.419. The first-order chi connectivity index (χ1) is 13.8. The number of para-hydroxylation sites is 1. The van der Waals surface area contributed by atoms with Crippen LogP contribution in [-0.2, 0) is 17.8 Å². The fourth-order valence-corrected chi connectivity index (χ4v) is 5.14. The van der Waals surface area contributed by atoms with E-state index in [4.69, 9.17) is 4.98 Å². The quantitative estimate of drug-likeness (QED) is 0.496. The SMILES string of the molecule is CCc1cccc2sc(N(CCCn3ccnc3)C(=O)C3CCCCC3)nc12.Cl. The van der Waals surface area contributed by atoms with Crippen LogP contribution in [0.25, 0.3) is 10.2 Å². The third-order valence-electron chi connectivity index (χ3n) is 5.68. The molecule has 2 heterocycles. The third-order valence-corrected chi connectivity index (χ3v) is 6.72. The maximum absolute atomic E-state index is 13.4. The van der Waals surface area contributed by atoms with E-state index in [1.54, 1.807) is 17.5 Å². The molecular formula is C22H29ClN4OS. The summed E-state index contributed by atoms with van der Waals surface area (Å²) in [4.78, 5) is 24.4. The van der Waals surface area contributed by atoms with Gasteiger partial charge in [-0.05, 0) is 37.3 Å². The zero-order valence-corrected chi connectivity index (χ0v) is 18.6. The minimum atomic E-state index is 0. The molecule has 3 aromatic rings. The van der Waals surface area contributed by atoms with Gasteiger partial charge >= 0.3 is 0 Å². The summed E-state index contributed by atoms with van der Waals surface area (Å²) >= 11 is 1.65. The average molecular weight is 433 g/mol. The van der Waals surface area contributed by atoms with E-state index in [-0.39, 0.29) is 24.2 Å². The Morgan fingerprint density at radius 3 is 2.83 bits per heavy atom. The van der Waals surface area contributed by atoms with Crippen LogP contribution in [0.5, 0.6) is 0 Å². The van der Waals surface area contributed by atoms with Gasteiger partial charge in [0.25, 0.3) is 0 Å². The van der Waals surface area contributed by atoms with Gasteiger partial charge < -0.3 is 4.57 Å². The summed E-state index contributed by atoms with van der Waals surface area (Å²) in [5, 5.41) is 0.858. The number of rotatable bonds is 7. The van der Waals surface area contributed by atoms with Gasteiger partial charge in [-0.15, -0.1) is 12.4 Å². The number of amides is 1. The first-order valence-corrected chi connectivity index (χ1v) is 11.2. The molecule has 1 amide bonds. The van der Waals surface area contributed by atoms with Crippen molar-refractivity contribution in [2.24, 2.45) is 5.92 Å². The largest absolute Gasteiger partial charge is 0.337 e. The molecule has 0 spiro atoms. The maximum Gasteiger partial charge on any atom is 0.231 e. The number of hydrogen-bond acceptors (Lipinski definition) is 4. The number of benzene rings is 1. The van der Waals surface area contributed by atoms with Crippen molar-refractivity contribution in [3.8, 4) is 0 Å². The molecule has 0 N–H and O–H groups in total. The van der Waals surface area contributed by atoms with Crippen molar-refractivity contribution in [1.82, 2.24) is 14.5 Å². The predicted molar refractivity (Wildman–Crippen MR) is 122 cm³/mol. The lowest BCUT2D eigenvalue weighted by Gasteiger charge is -2.27. The highest BCUT2D eigenvalue weighted by atomic mass is 35.5. The highest BCUT2D eigenvalue weighted by molar-refractivity contribution is 7.22. The monoisotopic (exact) mass is 432 g/mol. The van der Waals surface area contributed by atoms with Crippen LogP contribution >= 0.6 is 23.7 Å². The van der Waals surface area contributed by atoms with Gasteiger partial charge in [-0.2, -0.15) is 0 Å². The van der Waals surface area contributed by atoms with E-state index in [0.29, 0.717) is 6.54 Å². The molecule has 1 aliphatic carbocycles. The number of halogens is 1. The molecule has 1 saturated carbocycles. The van der Waals surface area contributed by atoms with Crippen molar-refractivity contribution in [2.45, 2.75) is 58.4 Å². The topological polar surface area (TPSA) is 51.0 Å². The van der Waals surface area contributed by atoms with E-state index in [0.717, 1.165) is 42.9 Å². The number of thiazole rings is 1. The van der Waals surface area contributed by atoms with Crippen LogP contribution in [0.2, 0.25) is 0 Å². The van der Waals surface area contributed by atoms with E-state index < -0.39 is 0 Å². The molecule has 0 aliphatic heterocycles. The Bertz CT molecular complexity index is 918. The van der Waals surface area contributed by atoms with Gasteiger partial charge in [0, 0.05) is 31.4 Å². The molecule has 1 aromatic carbocycles. The Kier molecular flexibility index (Phi) is 7.67. The Morgan fingerprint density at radius 1 is 1.28 bits per heavy atom. The number of carbonyl (C=O) groups is 1. The van der Waals surface area contributed by atoms with Crippen LogP contribution in [0.15, 0.2) is 36.9 Å². The first kappa shape index (κ1) is 21.8. The molecule has 0 saturated heterocycles. The number of hydrogen-bond donors (Lipinski definition) is 0. The molecule has 0 radical (unpaired) electrons.